The van der Waals surface area contributed by atoms with Crippen LogP contribution >= 0.6 is 0 Å². The maximum Gasteiger partial charge on any atom is 0.417 e. The van der Waals surface area contributed by atoms with Gasteiger partial charge in [0.2, 0.25) is 0 Å². The van der Waals surface area contributed by atoms with Crippen molar-refractivity contribution >= 4 is 11.0 Å². The molecular weight excluding hydrogens is 322 g/mol. The summed E-state index contributed by atoms with van der Waals surface area (Å²) in [7, 11) is 0. The molecule has 2 nitrogen and oxygen atoms in total. The molecule has 1 aromatic heterocycles. The van der Waals surface area contributed by atoms with E-state index in [4.69, 9.17) is 0 Å². The first-order valence-corrected chi connectivity index (χ1v) is 6.39. The molecule has 1 heterocycles. The second-order valence-corrected chi connectivity index (χ2v) is 4.83. The molecule has 0 saturated heterocycles. The topological polar surface area (TPSA) is 17.8 Å². The van der Waals surface area contributed by atoms with Crippen molar-refractivity contribution in [2.24, 2.45) is 0 Å². The third-order valence-electron chi connectivity index (χ3n) is 3.35. The number of para-hydroxylation sites is 2. The lowest BCUT2D eigenvalue weighted by molar-refractivity contribution is -0.162. The predicted molar refractivity (Wildman–Crippen MR) is 71.1 cm³/mol. The Hall–Kier alpha value is -2.51. The molecule has 3 rings (SSSR count). The molecule has 0 aliphatic rings. The van der Waals surface area contributed by atoms with Crippen LogP contribution in [0.2, 0.25) is 0 Å². The number of benzene rings is 2. The summed E-state index contributed by atoms with van der Waals surface area (Å²) in [6.45, 7) is 0. The fourth-order valence-electron chi connectivity index (χ4n) is 2.33. The first-order valence-electron chi connectivity index (χ1n) is 6.39. The van der Waals surface area contributed by atoms with Crippen LogP contribution < -0.4 is 0 Å². The summed E-state index contributed by atoms with van der Waals surface area (Å²) in [5, 5.41) is 0. The molecule has 0 saturated carbocycles. The predicted octanol–water partition coefficient (Wildman–Crippen LogP) is 5.06. The largest absolute Gasteiger partial charge is 0.417 e. The van der Waals surface area contributed by atoms with Crippen molar-refractivity contribution in [2.45, 2.75) is 12.4 Å². The van der Waals surface area contributed by atoms with E-state index in [0.717, 1.165) is 6.07 Å². The third-order valence-corrected chi connectivity index (χ3v) is 3.35. The highest BCUT2D eigenvalue weighted by atomic mass is 19.4. The molecule has 0 N–H and O–H groups in total. The molecule has 0 fully saturated rings. The van der Waals surface area contributed by atoms with E-state index in [9.17, 15) is 26.3 Å². The summed E-state index contributed by atoms with van der Waals surface area (Å²) in [5.41, 5.74) is -2.45. The molecule has 0 radical (unpaired) electrons. The number of imidazole rings is 1. The monoisotopic (exact) mass is 330 g/mol. The molecule has 0 unspecified atom stereocenters. The van der Waals surface area contributed by atoms with Gasteiger partial charge in [0.25, 0.3) is 0 Å². The lowest BCUT2D eigenvalue weighted by atomic mass is 10.1. The molecule has 8 heteroatoms. The summed E-state index contributed by atoms with van der Waals surface area (Å²) in [6, 6.07) is 8.55. The lowest BCUT2D eigenvalue weighted by Gasteiger charge is -2.17. The van der Waals surface area contributed by atoms with Crippen molar-refractivity contribution < 1.29 is 26.3 Å². The Balaban J connectivity index is 2.23. The number of rotatable bonds is 1. The number of nitrogens with zero attached hydrogens (tertiary/aromatic N) is 2. The van der Waals surface area contributed by atoms with Gasteiger partial charge in [0.15, 0.2) is 0 Å². The fourth-order valence-corrected chi connectivity index (χ4v) is 2.33. The summed E-state index contributed by atoms with van der Waals surface area (Å²) < 4.78 is 78.6. The van der Waals surface area contributed by atoms with E-state index in [1.54, 1.807) is 24.3 Å². The van der Waals surface area contributed by atoms with E-state index in [2.05, 4.69) is 4.98 Å². The van der Waals surface area contributed by atoms with Crippen LogP contribution in [0.4, 0.5) is 26.3 Å². The Kier molecular flexibility index (Phi) is 3.35. The van der Waals surface area contributed by atoms with Crippen molar-refractivity contribution in [3.05, 3.63) is 59.9 Å². The van der Waals surface area contributed by atoms with Crippen LogP contribution in [0.5, 0.6) is 0 Å². The molecule has 2 aromatic carbocycles. The molecular formula is C15H8F6N2. The Morgan fingerprint density at radius 1 is 0.783 bits per heavy atom. The average molecular weight is 330 g/mol. The van der Waals surface area contributed by atoms with Crippen molar-refractivity contribution in [1.29, 1.82) is 0 Å². The summed E-state index contributed by atoms with van der Waals surface area (Å²) >= 11 is 0. The van der Waals surface area contributed by atoms with Crippen molar-refractivity contribution in [3.8, 4) is 5.69 Å². The second kappa shape index (κ2) is 5.00. The first kappa shape index (κ1) is 15.4. The zero-order valence-corrected chi connectivity index (χ0v) is 11.3. The van der Waals surface area contributed by atoms with Gasteiger partial charge in [-0.2, -0.15) is 26.3 Å². The van der Waals surface area contributed by atoms with Crippen LogP contribution in [0.3, 0.4) is 0 Å². The SMILES string of the molecule is FC(F)(F)c1ccc(-n2cnc3ccccc32)cc1C(F)(F)F. The maximum atomic E-state index is 13.0. The molecule has 0 aliphatic carbocycles. The number of fused-ring (bicyclic) bond motifs is 1. The smallest absolute Gasteiger partial charge is 0.299 e. The highest BCUT2D eigenvalue weighted by molar-refractivity contribution is 5.77. The van der Waals surface area contributed by atoms with Gasteiger partial charge in [-0.15, -0.1) is 0 Å². The van der Waals surface area contributed by atoms with Gasteiger partial charge in [0, 0.05) is 5.69 Å². The average Bonchev–Trinajstić information content (AvgIpc) is 2.88. The van der Waals surface area contributed by atoms with Gasteiger partial charge >= 0.3 is 12.4 Å². The van der Waals surface area contributed by atoms with Gasteiger partial charge < -0.3 is 0 Å². The minimum atomic E-state index is -5.11. The van der Waals surface area contributed by atoms with Gasteiger partial charge in [-0.1, -0.05) is 12.1 Å². The van der Waals surface area contributed by atoms with Crippen molar-refractivity contribution in [3.63, 3.8) is 0 Å². The van der Waals surface area contributed by atoms with Crippen LogP contribution in [0.25, 0.3) is 16.7 Å². The van der Waals surface area contributed by atoms with Gasteiger partial charge in [0.1, 0.15) is 6.33 Å². The molecule has 0 atom stereocenters. The van der Waals surface area contributed by atoms with E-state index in [0.29, 0.717) is 23.2 Å². The number of halogens is 6. The van der Waals surface area contributed by atoms with Gasteiger partial charge in [0.05, 0.1) is 22.2 Å². The fraction of sp³-hybridized carbons (Fsp3) is 0.133. The molecule has 0 spiro atoms. The van der Waals surface area contributed by atoms with E-state index in [1.807, 2.05) is 0 Å². The van der Waals surface area contributed by atoms with E-state index >= 15 is 0 Å². The zero-order valence-electron chi connectivity index (χ0n) is 11.3. The standard InChI is InChI=1S/C15H8F6N2/c16-14(17,18)10-6-5-9(7-11(10)15(19,20)21)23-8-22-12-3-1-2-4-13(12)23/h1-8H. The van der Waals surface area contributed by atoms with Crippen molar-refractivity contribution in [1.82, 2.24) is 9.55 Å². The second-order valence-electron chi connectivity index (χ2n) is 4.83. The number of alkyl halides is 6. The Morgan fingerprint density at radius 3 is 2.09 bits per heavy atom. The third kappa shape index (κ3) is 2.76. The Bertz CT molecular complexity index is 860. The van der Waals surface area contributed by atoms with Gasteiger partial charge in [-0.05, 0) is 30.3 Å². The molecule has 0 amide bonds. The molecule has 0 aliphatic heterocycles. The normalized spacial score (nSPS) is 12.8. The van der Waals surface area contributed by atoms with E-state index in [1.165, 1.54) is 10.9 Å². The van der Waals surface area contributed by atoms with Gasteiger partial charge in [-0.3, -0.25) is 4.57 Å². The minimum absolute atomic E-state index is 0.0426. The summed E-state index contributed by atoms with van der Waals surface area (Å²) in [6.07, 6.45) is -8.93. The number of hydrogen-bond acceptors (Lipinski definition) is 1. The molecule has 0 bridgehead atoms. The Labute approximate surface area is 126 Å². The van der Waals surface area contributed by atoms with Crippen LogP contribution in [-0.2, 0) is 12.4 Å². The van der Waals surface area contributed by atoms with E-state index < -0.39 is 23.5 Å². The molecule has 23 heavy (non-hydrogen) atoms. The zero-order chi connectivity index (χ0) is 16.8. The van der Waals surface area contributed by atoms with Crippen LogP contribution in [0.15, 0.2) is 48.8 Å². The lowest BCUT2D eigenvalue weighted by Crippen LogP contribution is -2.17. The van der Waals surface area contributed by atoms with Gasteiger partial charge in [-0.25, -0.2) is 4.98 Å². The highest BCUT2D eigenvalue weighted by Gasteiger charge is 2.43. The highest BCUT2D eigenvalue weighted by Crippen LogP contribution is 2.41. The molecule has 3 aromatic rings. The Morgan fingerprint density at radius 2 is 1.43 bits per heavy atom. The quantitative estimate of drug-likeness (QED) is 0.570. The van der Waals surface area contributed by atoms with Crippen LogP contribution in [0, 0.1) is 0 Å². The maximum absolute atomic E-state index is 13.0. The molecule has 120 valence electrons. The van der Waals surface area contributed by atoms with E-state index in [-0.39, 0.29) is 5.69 Å². The number of aromatic nitrogens is 2. The summed E-state index contributed by atoms with van der Waals surface area (Å²) in [5.74, 6) is 0. The number of hydrogen-bond donors (Lipinski definition) is 0. The summed E-state index contributed by atoms with van der Waals surface area (Å²) in [4.78, 5) is 4.02. The van der Waals surface area contributed by atoms with Crippen LogP contribution in [0.1, 0.15) is 11.1 Å². The minimum Gasteiger partial charge on any atom is -0.299 e. The van der Waals surface area contributed by atoms with Crippen LogP contribution in [-0.4, -0.2) is 9.55 Å². The van der Waals surface area contributed by atoms with Crippen molar-refractivity contribution in [2.75, 3.05) is 0 Å². The first-order chi connectivity index (χ1) is 10.7.